The number of para-hydroxylation sites is 1. The molecule has 96 heavy (non-hydrogen) atoms. The van der Waals surface area contributed by atoms with E-state index in [0.29, 0.717) is 62.9 Å². The molecule has 0 fully saturated rings. The largest absolute Gasteiger partial charge is 0.497 e. The van der Waals surface area contributed by atoms with Crippen LogP contribution in [0, 0.1) is 6.92 Å². The van der Waals surface area contributed by atoms with Gasteiger partial charge in [-0.3, -0.25) is 42.7 Å². The SMILES string of the molecule is CCOC(=O)/C(C(=O)c1ccccc1)=c1\s/c(=C2\Sc3ccc(C)cc3N2C)c(=O)n1CC.CCn1c(=C(C(=O)c2ccccc2)C(=O)c2ccccc2)s/c(=C2\Sc3ccc(OC)cc3N2C)c1=O.CN1/C(=c2/s/c(=C/C(=O)c3ccccc3)n(C)c2=O)Sc2ccccc21. The van der Waals surface area contributed by atoms with Gasteiger partial charge < -0.3 is 28.7 Å². The third kappa shape index (κ3) is 13.5. The van der Waals surface area contributed by atoms with Crippen LogP contribution in [0.25, 0.3) is 32.3 Å². The Kier molecular flexibility index (Phi) is 20.9. The van der Waals surface area contributed by atoms with Gasteiger partial charge in [0.15, 0.2) is 17.3 Å². The van der Waals surface area contributed by atoms with E-state index in [9.17, 15) is 38.4 Å². The number of hydrogen-bond acceptors (Lipinski definition) is 19. The Hall–Kier alpha value is -9.55. The van der Waals surface area contributed by atoms with Crippen molar-refractivity contribution in [2.45, 2.75) is 55.5 Å². The summed E-state index contributed by atoms with van der Waals surface area (Å²) in [5.41, 5.74) is 5.31. The number of carbonyl (C=O) groups excluding carboxylic acids is 5. The summed E-state index contributed by atoms with van der Waals surface area (Å²) < 4.78 is 18.1. The Labute approximate surface area is 577 Å². The second-order valence-electron chi connectivity index (χ2n) is 21.8. The van der Waals surface area contributed by atoms with Gasteiger partial charge in [-0.25, -0.2) is 4.79 Å². The smallest absolute Gasteiger partial charge is 0.345 e. The Bertz CT molecular complexity index is 5280. The van der Waals surface area contributed by atoms with Crippen LogP contribution < -0.4 is 63.7 Å². The van der Waals surface area contributed by atoms with E-state index in [-0.39, 0.29) is 40.2 Å². The highest BCUT2D eigenvalue weighted by atomic mass is 32.2. The van der Waals surface area contributed by atoms with Crippen LogP contribution in [0.5, 0.6) is 5.75 Å². The Morgan fingerprint density at radius 2 is 0.854 bits per heavy atom. The van der Waals surface area contributed by atoms with E-state index in [1.807, 2.05) is 142 Å². The number of nitrogens with zero attached hydrogens (tertiary/aromatic N) is 6. The molecule has 3 aliphatic rings. The van der Waals surface area contributed by atoms with Gasteiger partial charge in [-0.1, -0.05) is 175 Å². The van der Waals surface area contributed by atoms with Gasteiger partial charge in [0.1, 0.15) is 59.6 Å². The first-order valence-corrected chi connectivity index (χ1v) is 35.3. The van der Waals surface area contributed by atoms with Gasteiger partial charge in [-0.2, -0.15) is 0 Å². The van der Waals surface area contributed by atoms with Crippen molar-refractivity contribution < 1.29 is 33.4 Å². The van der Waals surface area contributed by atoms with Gasteiger partial charge in [0.05, 0.1) is 30.8 Å². The highest BCUT2D eigenvalue weighted by Crippen LogP contribution is 2.48. The number of Topliss-reactive ketones (excluding diaryl/α,β-unsaturated/α-hetero) is 4. The highest BCUT2D eigenvalue weighted by molar-refractivity contribution is 8.09. The number of benzene rings is 7. The van der Waals surface area contributed by atoms with Crippen molar-refractivity contribution in [1.82, 2.24) is 13.7 Å². The summed E-state index contributed by atoms with van der Waals surface area (Å²) in [5, 5.41) is 2.45. The molecular formula is C74H64N6O10S6. The molecule has 10 aromatic rings. The van der Waals surface area contributed by atoms with E-state index in [1.54, 1.807) is 128 Å². The molecule has 3 aromatic heterocycles. The standard InChI is InChI=1S/C29H24N2O4S2.C25H24N2O4S2.C20H16N2O2S2/c1-4-31-27(34)26(29-30(2)21-17-20(35-3)15-16-22(21)36-29)37-28(31)23(24(32)18-11-7-5-8-12-18)25(33)19-13-9-6-10-14-19;1-5-27-22(29)21(24-26(4)17-14-15(3)12-13-18(17)32-24)33-23(27)19(25(30)31-6-2)20(28)16-10-8-7-9-11-16;1-21-14-10-6-7-11-16(14)25-20(21)18-19(24)22(2)17(26-18)12-15(23)13-8-4-3-5-9-13/h5-17H,4H2,1-3H3;7-14H,5-6H2,1-4H3;3-12H,1-2H3/b29-26-;23-19-,24-21-;17-12+,20-18-. The first-order valence-electron chi connectivity index (χ1n) is 30.4. The third-order valence-corrected chi connectivity index (χ3v) is 23.4. The van der Waals surface area contributed by atoms with Crippen molar-refractivity contribution in [3.63, 3.8) is 0 Å². The van der Waals surface area contributed by atoms with Crippen molar-refractivity contribution in [3.8, 4) is 5.75 Å². The topological polar surface area (TPSA) is 180 Å². The van der Waals surface area contributed by atoms with E-state index >= 15 is 0 Å². The molecule has 16 nitrogen and oxygen atoms in total. The number of hydrogen-bond donors (Lipinski definition) is 0. The first-order chi connectivity index (χ1) is 46.4. The van der Waals surface area contributed by atoms with Gasteiger partial charge in [0.2, 0.25) is 5.78 Å². The lowest BCUT2D eigenvalue weighted by Gasteiger charge is -2.13. The summed E-state index contributed by atoms with van der Waals surface area (Å²) >= 11 is 8.30. The number of aromatic nitrogens is 3. The zero-order valence-corrected chi connectivity index (χ0v) is 58.6. The number of fused-ring (bicyclic) bond motifs is 3. The average Bonchev–Trinajstić information content (AvgIpc) is 1.62. The van der Waals surface area contributed by atoms with Crippen LogP contribution >= 0.6 is 69.3 Å². The number of methoxy groups -OCH3 is 1. The second kappa shape index (κ2) is 29.6. The summed E-state index contributed by atoms with van der Waals surface area (Å²) in [5.74, 6) is -1.37. The molecule has 3 aliphatic heterocycles. The van der Waals surface area contributed by atoms with Crippen molar-refractivity contribution in [2.75, 3.05) is 49.6 Å². The van der Waals surface area contributed by atoms with Gasteiger partial charge in [0.25, 0.3) is 16.7 Å². The summed E-state index contributed by atoms with van der Waals surface area (Å²) in [6.45, 7) is 8.16. The van der Waals surface area contributed by atoms with Crippen LogP contribution in [0.2, 0.25) is 0 Å². The quantitative estimate of drug-likeness (QED) is 0.0604. The van der Waals surface area contributed by atoms with Gasteiger partial charge in [0, 0.05) is 90.4 Å². The summed E-state index contributed by atoms with van der Waals surface area (Å²) in [7, 11) is 9.11. The maximum Gasteiger partial charge on any atom is 0.345 e. The Morgan fingerprint density at radius 1 is 0.448 bits per heavy atom. The molecule has 0 N–H and O–H groups in total. The highest BCUT2D eigenvalue weighted by Gasteiger charge is 2.32. The van der Waals surface area contributed by atoms with Crippen LogP contribution in [0.3, 0.4) is 0 Å². The molecule has 7 aromatic carbocycles. The second-order valence-corrected chi connectivity index (χ2v) is 27.9. The van der Waals surface area contributed by atoms with E-state index in [2.05, 4.69) is 6.07 Å². The number of rotatable bonds is 13. The zero-order valence-electron chi connectivity index (χ0n) is 53.7. The molecule has 0 radical (unpaired) electrons. The number of anilines is 3. The Balaban J connectivity index is 0.000000148. The minimum atomic E-state index is -0.724. The van der Waals surface area contributed by atoms with E-state index in [1.165, 1.54) is 61.4 Å². The van der Waals surface area contributed by atoms with E-state index in [0.717, 1.165) is 69.5 Å². The predicted octanol–water partition coefficient (Wildman–Crippen LogP) is 9.72. The van der Waals surface area contributed by atoms with Crippen LogP contribution in [0.4, 0.5) is 17.1 Å². The van der Waals surface area contributed by atoms with Crippen LogP contribution in [0.15, 0.2) is 211 Å². The van der Waals surface area contributed by atoms with Crippen molar-refractivity contribution >= 4 is 148 Å². The number of carbonyl (C=O) groups is 5. The minimum Gasteiger partial charge on any atom is -0.497 e. The zero-order chi connectivity index (χ0) is 68.1. The van der Waals surface area contributed by atoms with Crippen LogP contribution in [-0.2, 0) is 29.7 Å². The maximum absolute atomic E-state index is 13.8. The van der Waals surface area contributed by atoms with Gasteiger partial charge >= 0.3 is 5.97 Å². The Morgan fingerprint density at radius 3 is 1.32 bits per heavy atom. The molecule has 0 bridgehead atoms. The molecule has 0 saturated carbocycles. The van der Waals surface area contributed by atoms with Gasteiger partial charge in [-0.15, -0.1) is 34.0 Å². The lowest BCUT2D eigenvalue weighted by molar-refractivity contribution is -0.136. The van der Waals surface area contributed by atoms with Crippen molar-refractivity contribution in [2.24, 2.45) is 7.05 Å². The molecule has 0 unspecified atom stereocenters. The summed E-state index contributed by atoms with van der Waals surface area (Å²) in [4.78, 5) is 115. The van der Waals surface area contributed by atoms with Crippen molar-refractivity contribution in [3.05, 3.63) is 268 Å². The average molecular weight is 1390 g/mol. The number of thioether (sulfide) groups is 3. The molecule has 0 aliphatic carbocycles. The predicted molar refractivity (Wildman–Crippen MR) is 390 cm³/mol. The summed E-state index contributed by atoms with van der Waals surface area (Å²) in [6, 6.07) is 55.1. The molecule has 486 valence electrons. The fourth-order valence-electron chi connectivity index (χ4n) is 10.8. The molecular weight excluding hydrogens is 1330 g/mol. The first kappa shape index (κ1) is 67.9. The van der Waals surface area contributed by atoms with Crippen LogP contribution in [0.1, 0.15) is 67.8 Å². The normalized spacial score (nSPS) is 15.0. The number of esters is 1. The maximum atomic E-state index is 13.8. The molecule has 22 heteroatoms. The number of ether oxygens (including phenoxy) is 2. The van der Waals surface area contributed by atoms with Crippen molar-refractivity contribution in [1.29, 1.82) is 0 Å². The number of ketones is 4. The fourth-order valence-corrected chi connectivity index (χ4v) is 18.2. The molecule has 13 rings (SSSR count). The van der Waals surface area contributed by atoms with E-state index in [4.69, 9.17) is 9.47 Å². The minimum absolute atomic E-state index is 0.00182. The number of thiazole rings is 3. The molecule has 0 atom stereocenters. The lowest BCUT2D eigenvalue weighted by atomic mass is 9.96. The van der Waals surface area contributed by atoms with Gasteiger partial charge in [-0.05, 0) is 69.7 Å². The fraction of sp³-hybridized carbons (Fsp3) is 0.162. The molecule has 0 amide bonds. The molecule has 6 heterocycles. The van der Waals surface area contributed by atoms with Crippen LogP contribution in [-0.4, -0.2) is 77.7 Å². The number of aryl methyl sites for hydroxylation is 1. The molecule has 0 spiro atoms. The monoisotopic (exact) mass is 1390 g/mol. The lowest BCUT2D eigenvalue weighted by Crippen LogP contribution is -2.35. The van der Waals surface area contributed by atoms with E-state index < -0.39 is 23.3 Å². The summed E-state index contributed by atoms with van der Waals surface area (Å²) in [6.07, 6.45) is 1.54. The third-order valence-electron chi connectivity index (χ3n) is 15.8. The molecule has 0 saturated heterocycles.